The second-order valence-electron chi connectivity index (χ2n) is 10.3. The van der Waals surface area contributed by atoms with Crippen LogP contribution in [0.1, 0.15) is 92.2 Å². The van der Waals surface area contributed by atoms with Crippen molar-refractivity contribution in [1.82, 2.24) is 20.6 Å². The van der Waals surface area contributed by atoms with Crippen molar-refractivity contribution in [2.24, 2.45) is 5.73 Å². The van der Waals surface area contributed by atoms with Crippen LogP contribution in [0.4, 0.5) is 9.59 Å². The highest BCUT2D eigenvalue weighted by molar-refractivity contribution is 5.85. The van der Waals surface area contributed by atoms with Crippen LogP contribution in [0.5, 0.6) is 0 Å². The first-order valence-electron chi connectivity index (χ1n) is 10.8. The third kappa shape index (κ3) is 9.57. The molecule has 0 aromatic carbocycles. The van der Waals surface area contributed by atoms with Gasteiger partial charge in [-0.2, -0.15) is 0 Å². The fourth-order valence-corrected chi connectivity index (χ4v) is 2.67. The summed E-state index contributed by atoms with van der Waals surface area (Å²) in [5.74, 6) is 0.0119. The third-order valence-corrected chi connectivity index (χ3v) is 4.49. The number of carbonyl (C=O) groups excluding carboxylic acids is 3. The Morgan fingerprint density at radius 2 is 1.56 bits per heavy atom. The molecule has 1 aromatic rings. The molecular formula is C22H39N5O5. The maximum atomic E-state index is 12.3. The Kier molecular flexibility index (Phi) is 9.11. The smallest absolute Gasteiger partial charge is 0.408 e. The van der Waals surface area contributed by atoms with E-state index in [9.17, 15) is 14.4 Å². The van der Waals surface area contributed by atoms with E-state index in [1.165, 1.54) is 0 Å². The molecule has 0 saturated carbocycles. The standard InChI is InChI=1S/C22H39N5O5/c1-20(2,3)31-18(29)24-12-10-9-11-14(26-19(30)32-21(4,5)6)16-25-13-15(27-16)22(7,8)17(23)28/h13-14H,9-12H2,1-8H3,(H2,23,28)(H,24,29)(H,25,27)(H,26,30)/t14-/m0/s1. The summed E-state index contributed by atoms with van der Waals surface area (Å²) < 4.78 is 10.6. The molecule has 3 amide bonds. The number of carbonyl (C=O) groups is 3. The second-order valence-corrected chi connectivity index (χ2v) is 10.3. The van der Waals surface area contributed by atoms with Gasteiger partial charge in [0, 0.05) is 18.4 Å². The number of nitrogens with zero attached hydrogens (tertiary/aromatic N) is 1. The summed E-state index contributed by atoms with van der Waals surface area (Å²) in [4.78, 5) is 43.3. The van der Waals surface area contributed by atoms with E-state index in [1.807, 2.05) is 0 Å². The van der Waals surface area contributed by atoms with E-state index in [4.69, 9.17) is 15.2 Å². The highest BCUT2D eigenvalue weighted by atomic mass is 16.6. The lowest BCUT2D eigenvalue weighted by atomic mass is 9.89. The molecule has 0 spiro atoms. The molecule has 182 valence electrons. The van der Waals surface area contributed by atoms with Gasteiger partial charge in [0.25, 0.3) is 0 Å². The van der Waals surface area contributed by atoms with Crippen LogP contribution >= 0.6 is 0 Å². The van der Waals surface area contributed by atoms with Gasteiger partial charge in [0.1, 0.15) is 17.0 Å². The molecule has 1 aromatic heterocycles. The van der Waals surface area contributed by atoms with Gasteiger partial charge in [-0.3, -0.25) is 4.79 Å². The fraction of sp³-hybridized carbons (Fsp3) is 0.727. The van der Waals surface area contributed by atoms with Crippen molar-refractivity contribution in [1.29, 1.82) is 0 Å². The minimum atomic E-state index is -0.931. The van der Waals surface area contributed by atoms with E-state index >= 15 is 0 Å². The van der Waals surface area contributed by atoms with Crippen molar-refractivity contribution in [3.05, 3.63) is 17.7 Å². The van der Waals surface area contributed by atoms with Crippen LogP contribution in [0.15, 0.2) is 6.20 Å². The fourth-order valence-electron chi connectivity index (χ4n) is 2.67. The summed E-state index contributed by atoms with van der Waals surface area (Å²) in [6.45, 7) is 14.6. The molecule has 0 saturated heterocycles. The normalized spacial score (nSPS) is 13.2. The average Bonchev–Trinajstić information content (AvgIpc) is 3.07. The topological polar surface area (TPSA) is 148 Å². The number of alkyl carbamates (subject to hydrolysis) is 2. The predicted octanol–water partition coefficient (Wildman–Crippen LogP) is 3.43. The van der Waals surface area contributed by atoms with E-state index in [0.717, 1.165) is 0 Å². The maximum absolute atomic E-state index is 12.3. The average molecular weight is 454 g/mol. The largest absolute Gasteiger partial charge is 0.444 e. The number of nitrogens with one attached hydrogen (secondary N) is 3. The van der Waals surface area contributed by atoms with Crippen molar-refractivity contribution in [3.63, 3.8) is 0 Å². The summed E-state index contributed by atoms with van der Waals surface area (Å²) >= 11 is 0. The number of nitrogens with two attached hydrogens (primary N) is 1. The summed E-state index contributed by atoms with van der Waals surface area (Å²) in [5, 5.41) is 5.54. The Labute approximate surface area is 190 Å². The number of hydrogen-bond acceptors (Lipinski definition) is 6. The van der Waals surface area contributed by atoms with Crippen molar-refractivity contribution >= 4 is 18.1 Å². The van der Waals surface area contributed by atoms with Crippen LogP contribution in [0.25, 0.3) is 0 Å². The number of amides is 3. The molecule has 32 heavy (non-hydrogen) atoms. The Bertz CT molecular complexity index is 789. The molecule has 0 unspecified atom stereocenters. The first-order chi connectivity index (χ1) is 14.5. The molecule has 0 aliphatic rings. The predicted molar refractivity (Wildman–Crippen MR) is 121 cm³/mol. The lowest BCUT2D eigenvalue weighted by Gasteiger charge is -2.23. The molecule has 10 heteroatoms. The highest BCUT2D eigenvalue weighted by Crippen LogP contribution is 2.24. The van der Waals surface area contributed by atoms with Gasteiger partial charge in [-0.1, -0.05) is 0 Å². The maximum Gasteiger partial charge on any atom is 0.408 e. The Hall–Kier alpha value is -2.78. The quantitative estimate of drug-likeness (QED) is 0.421. The Balaban J connectivity index is 2.78. The van der Waals surface area contributed by atoms with Crippen molar-refractivity contribution in [2.45, 2.75) is 97.3 Å². The number of aromatic amines is 1. The molecule has 0 bridgehead atoms. The first kappa shape index (κ1) is 27.3. The molecule has 0 fully saturated rings. The molecule has 1 rings (SSSR count). The van der Waals surface area contributed by atoms with Gasteiger partial charge >= 0.3 is 12.2 Å². The van der Waals surface area contributed by atoms with Gasteiger partial charge in [-0.15, -0.1) is 0 Å². The number of unbranched alkanes of at least 4 members (excludes halogenated alkanes) is 1. The lowest BCUT2D eigenvalue weighted by molar-refractivity contribution is -0.122. The molecule has 10 nitrogen and oxygen atoms in total. The number of primary amides is 1. The summed E-state index contributed by atoms with van der Waals surface area (Å²) in [7, 11) is 0. The van der Waals surface area contributed by atoms with E-state index in [-0.39, 0.29) is 0 Å². The van der Waals surface area contributed by atoms with Gasteiger partial charge in [0.05, 0.1) is 11.5 Å². The number of hydrogen-bond donors (Lipinski definition) is 4. The SMILES string of the molecule is CC(C)(C)OC(=O)NCCCC[C@H](NC(=O)OC(C)(C)C)c1ncc(C(C)(C)C(N)=O)[nH]1. The van der Waals surface area contributed by atoms with E-state index in [1.54, 1.807) is 61.6 Å². The molecule has 1 atom stereocenters. The van der Waals surface area contributed by atoms with Crippen molar-refractivity contribution in [3.8, 4) is 0 Å². The second kappa shape index (κ2) is 10.7. The zero-order chi connectivity index (χ0) is 24.7. The van der Waals surface area contributed by atoms with E-state index < -0.39 is 40.8 Å². The number of ether oxygens (including phenoxy) is 2. The zero-order valence-corrected chi connectivity index (χ0v) is 20.5. The van der Waals surface area contributed by atoms with Crippen LogP contribution in [0.3, 0.4) is 0 Å². The molecule has 5 N–H and O–H groups in total. The van der Waals surface area contributed by atoms with Crippen molar-refractivity contribution < 1.29 is 23.9 Å². The molecule has 0 radical (unpaired) electrons. The number of imidazole rings is 1. The number of aromatic nitrogens is 2. The molecular weight excluding hydrogens is 414 g/mol. The minimum Gasteiger partial charge on any atom is -0.444 e. The lowest BCUT2D eigenvalue weighted by Crippen LogP contribution is -2.36. The molecule has 0 aliphatic carbocycles. The Morgan fingerprint density at radius 1 is 1.00 bits per heavy atom. The van der Waals surface area contributed by atoms with Crippen molar-refractivity contribution in [2.75, 3.05) is 6.54 Å². The van der Waals surface area contributed by atoms with Gasteiger partial charge in [-0.05, 0) is 74.7 Å². The van der Waals surface area contributed by atoms with Crippen LogP contribution < -0.4 is 16.4 Å². The number of rotatable bonds is 9. The van der Waals surface area contributed by atoms with Gasteiger partial charge in [-0.25, -0.2) is 14.6 Å². The minimum absolute atomic E-state index is 0.437. The van der Waals surface area contributed by atoms with Crippen LogP contribution in [-0.4, -0.2) is 45.8 Å². The van der Waals surface area contributed by atoms with E-state index in [0.29, 0.717) is 37.3 Å². The Morgan fingerprint density at radius 3 is 2.09 bits per heavy atom. The van der Waals surface area contributed by atoms with Gasteiger partial charge in [0.2, 0.25) is 5.91 Å². The summed E-state index contributed by atoms with van der Waals surface area (Å²) in [5.41, 5.74) is 3.92. The third-order valence-electron chi connectivity index (χ3n) is 4.49. The zero-order valence-electron chi connectivity index (χ0n) is 20.5. The molecule has 1 heterocycles. The highest BCUT2D eigenvalue weighted by Gasteiger charge is 2.31. The van der Waals surface area contributed by atoms with Crippen LogP contribution in [-0.2, 0) is 19.7 Å². The monoisotopic (exact) mass is 453 g/mol. The van der Waals surface area contributed by atoms with Gasteiger partial charge in [0.15, 0.2) is 0 Å². The summed E-state index contributed by atoms with van der Waals surface area (Å²) in [6, 6.07) is -0.469. The van der Waals surface area contributed by atoms with Crippen LogP contribution in [0, 0.1) is 0 Å². The van der Waals surface area contributed by atoms with Crippen LogP contribution in [0.2, 0.25) is 0 Å². The summed E-state index contributed by atoms with van der Waals surface area (Å²) in [6.07, 6.45) is 2.41. The van der Waals surface area contributed by atoms with E-state index in [2.05, 4.69) is 20.6 Å². The van der Waals surface area contributed by atoms with Gasteiger partial charge < -0.3 is 30.8 Å². The first-order valence-corrected chi connectivity index (χ1v) is 10.8. The molecule has 0 aliphatic heterocycles. The number of H-pyrrole nitrogens is 1.